The van der Waals surface area contributed by atoms with Crippen molar-refractivity contribution in [3.8, 4) is 5.75 Å². The van der Waals surface area contributed by atoms with Crippen molar-refractivity contribution in [2.24, 2.45) is 0 Å². The van der Waals surface area contributed by atoms with E-state index >= 15 is 0 Å². The highest BCUT2D eigenvalue weighted by Gasteiger charge is 2.42. The van der Waals surface area contributed by atoms with Crippen molar-refractivity contribution < 1.29 is 9.84 Å². The van der Waals surface area contributed by atoms with Crippen LogP contribution < -0.4 is 4.74 Å². The van der Waals surface area contributed by atoms with Crippen LogP contribution in [0, 0.1) is 0 Å². The van der Waals surface area contributed by atoms with Crippen LogP contribution in [0.15, 0.2) is 65.1 Å². The number of benzene rings is 2. The summed E-state index contributed by atoms with van der Waals surface area (Å²) < 4.78 is 5.48. The zero-order valence-corrected chi connectivity index (χ0v) is 14.7. The number of methoxy groups -OCH3 is 1. The Morgan fingerprint density at radius 1 is 1.12 bits per heavy atom. The van der Waals surface area contributed by atoms with Crippen LogP contribution in [-0.2, 0) is 6.42 Å². The Morgan fingerprint density at radius 3 is 2.62 bits per heavy atom. The molecule has 0 saturated heterocycles. The largest absolute Gasteiger partial charge is 0.497 e. The maximum Gasteiger partial charge on any atom is 0.119 e. The quantitative estimate of drug-likeness (QED) is 0.802. The smallest absolute Gasteiger partial charge is 0.119 e. The Labute approximate surface area is 147 Å². The van der Waals surface area contributed by atoms with E-state index in [-0.39, 0.29) is 4.75 Å². The zero-order chi connectivity index (χ0) is 16.6. The Morgan fingerprint density at radius 2 is 1.92 bits per heavy atom. The molecule has 0 aromatic heterocycles. The van der Waals surface area contributed by atoms with Crippen molar-refractivity contribution in [1.29, 1.82) is 0 Å². The van der Waals surface area contributed by atoms with Gasteiger partial charge in [0, 0.05) is 9.64 Å². The molecule has 4 rings (SSSR count). The molecule has 24 heavy (non-hydrogen) atoms. The predicted octanol–water partition coefficient (Wildman–Crippen LogP) is 4.93. The fourth-order valence-corrected chi connectivity index (χ4v) is 4.70. The number of ether oxygens (including phenoxy) is 1. The second-order valence-electron chi connectivity index (χ2n) is 6.67. The first kappa shape index (κ1) is 15.8. The molecule has 2 aliphatic carbocycles. The Bertz CT molecular complexity index is 763. The molecule has 124 valence electrons. The molecule has 0 aliphatic heterocycles. The van der Waals surface area contributed by atoms with Crippen molar-refractivity contribution >= 4 is 11.8 Å². The molecule has 1 fully saturated rings. The number of aliphatic hydroxyl groups excluding tert-OH is 1. The highest BCUT2D eigenvalue weighted by atomic mass is 32.2. The van der Waals surface area contributed by atoms with Crippen LogP contribution in [0.2, 0.25) is 0 Å². The summed E-state index contributed by atoms with van der Waals surface area (Å²) in [5.74, 6) is 0.867. The van der Waals surface area contributed by atoms with Crippen LogP contribution in [0.1, 0.15) is 36.5 Å². The summed E-state index contributed by atoms with van der Waals surface area (Å²) in [5.41, 5.74) is 3.42. The van der Waals surface area contributed by atoms with E-state index in [1.54, 1.807) is 7.11 Å². The lowest BCUT2D eigenvalue weighted by molar-refractivity contribution is 0.204. The van der Waals surface area contributed by atoms with Gasteiger partial charge >= 0.3 is 0 Å². The van der Waals surface area contributed by atoms with Crippen molar-refractivity contribution in [3.05, 3.63) is 71.3 Å². The van der Waals surface area contributed by atoms with Gasteiger partial charge in [-0.3, -0.25) is 0 Å². The molecule has 2 aromatic rings. The van der Waals surface area contributed by atoms with E-state index in [9.17, 15) is 5.11 Å². The minimum Gasteiger partial charge on any atom is -0.497 e. The van der Waals surface area contributed by atoms with Crippen LogP contribution in [-0.4, -0.2) is 17.0 Å². The van der Waals surface area contributed by atoms with Gasteiger partial charge in [0.05, 0.1) is 7.11 Å². The molecule has 2 nitrogen and oxygen atoms in total. The number of fused-ring (bicyclic) bond motifs is 1. The van der Waals surface area contributed by atoms with Gasteiger partial charge in [0.15, 0.2) is 0 Å². The van der Waals surface area contributed by atoms with Gasteiger partial charge in [-0.1, -0.05) is 30.3 Å². The molecule has 0 heterocycles. The first-order chi connectivity index (χ1) is 11.7. The molecule has 1 unspecified atom stereocenters. The third-order valence-corrected chi connectivity index (χ3v) is 6.38. The number of thioether (sulfide) groups is 1. The maximum atomic E-state index is 10.8. The van der Waals surface area contributed by atoms with E-state index in [4.69, 9.17) is 4.74 Å². The zero-order valence-electron chi connectivity index (χ0n) is 13.9. The molecule has 1 atom stereocenters. The van der Waals surface area contributed by atoms with E-state index in [1.165, 1.54) is 28.9 Å². The lowest BCUT2D eigenvalue weighted by Crippen LogP contribution is -2.14. The topological polar surface area (TPSA) is 29.5 Å². The Hall–Kier alpha value is -1.71. The monoisotopic (exact) mass is 338 g/mol. The fourth-order valence-electron chi connectivity index (χ4n) is 3.42. The average Bonchev–Trinajstić information content (AvgIpc) is 3.37. The predicted molar refractivity (Wildman–Crippen MR) is 98.6 cm³/mol. The van der Waals surface area contributed by atoms with Gasteiger partial charge in [0.25, 0.3) is 0 Å². The minimum atomic E-state index is -0.478. The van der Waals surface area contributed by atoms with Gasteiger partial charge in [-0.25, -0.2) is 0 Å². The summed E-state index contributed by atoms with van der Waals surface area (Å²) in [7, 11) is 1.68. The Balaban J connectivity index is 1.57. The van der Waals surface area contributed by atoms with Crippen molar-refractivity contribution in [1.82, 2.24) is 0 Å². The van der Waals surface area contributed by atoms with E-state index in [2.05, 4.69) is 42.5 Å². The minimum absolute atomic E-state index is 0.182. The van der Waals surface area contributed by atoms with Crippen LogP contribution >= 0.6 is 11.8 Å². The standard InChI is InChI=1S/C21H22O2S/c1-23-17-9-10-19-15(13-17)7-8-16(20(19)22)14-21(11-12-21)24-18-5-3-2-4-6-18/h2-6,9-10,13-14,20,22H,7-8,11-12H2,1H3. The summed E-state index contributed by atoms with van der Waals surface area (Å²) in [5, 5.41) is 10.8. The first-order valence-electron chi connectivity index (χ1n) is 8.50. The number of aryl methyl sites for hydroxylation is 1. The number of hydrogen-bond donors (Lipinski definition) is 1. The highest BCUT2D eigenvalue weighted by molar-refractivity contribution is 8.01. The van der Waals surface area contributed by atoms with Gasteiger partial charge in [0.2, 0.25) is 0 Å². The molecule has 0 spiro atoms. The van der Waals surface area contributed by atoms with Crippen LogP contribution in [0.5, 0.6) is 5.75 Å². The number of aliphatic hydroxyl groups is 1. The number of rotatable bonds is 4. The molecule has 0 amide bonds. The molecule has 2 aliphatic rings. The summed E-state index contributed by atoms with van der Waals surface area (Å²) in [6.07, 6.45) is 6.16. The second-order valence-corrected chi connectivity index (χ2v) is 8.16. The van der Waals surface area contributed by atoms with Crippen LogP contribution in [0.4, 0.5) is 0 Å². The molecule has 1 saturated carbocycles. The van der Waals surface area contributed by atoms with Gasteiger partial charge in [-0.2, -0.15) is 0 Å². The average molecular weight is 338 g/mol. The van der Waals surface area contributed by atoms with E-state index in [1.807, 2.05) is 23.9 Å². The number of hydrogen-bond acceptors (Lipinski definition) is 3. The van der Waals surface area contributed by atoms with Crippen LogP contribution in [0.25, 0.3) is 0 Å². The van der Waals surface area contributed by atoms with Crippen LogP contribution in [0.3, 0.4) is 0 Å². The first-order valence-corrected chi connectivity index (χ1v) is 9.31. The van der Waals surface area contributed by atoms with E-state index in [0.29, 0.717) is 0 Å². The van der Waals surface area contributed by atoms with Crippen molar-refractivity contribution in [2.75, 3.05) is 7.11 Å². The van der Waals surface area contributed by atoms with Gasteiger partial charge < -0.3 is 9.84 Å². The molecule has 0 bridgehead atoms. The van der Waals surface area contributed by atoms with Crippen molar-refractivity contribution in [3.63, 3.8) is 0 Å². The van der Waals surface area contributed by atoms with Crippen molar-refractivity contribution in [2.45, 2.75) is 41.4 Å². The second kappa shape index (κ2) is 6.30. The summed E-state index contributed by atoms with van der Waals surface area (Å²) in [4.78, 5) is 1.31. The third kappa shape index (κ3) is 3.11. The highest BCUT2D eigenvalue weighted by Crippen LogP contribution is 2.54. The Kier molecular flexibility index (Phi) is 4.15. The van der Waals surface area contributed by atoms with Gasteiger partial charge in [0.1, 0.15) is 11.9 Å². The molecule has 0 radical (unpaired) electrons. The third-order valence-electron chi connectivity index (χ3n) is 4.93. The molecule has 1 N–H and O–H groups in total. The molecule has 2 aromatic carbocycles. The summed E-state index contributed by atoms with van der Waals surface area (Å²) >= 11 is 1.93. The van der Waals surface area contributed by atoms with Gasteiger partial charge in [-0.15, -0.1) is 11.8 Å². The lowest BCUT2D eigenvalue weighted by atomic mass is 9.85. The van der Waals surface area contributed by atoms with E-state index in [0.717, 1.165) is 24.2 Å². The SMILES string of the molecule is COc1ccc2c(c1)CCC(=CC1(Sc3ccccc3)CC1)C2O. The molecular weight excluding hydrogens is 316 g/mol. The van der Waals surface area contributed by atoms with Gasteiger partial charge in [-0.05, 0) is 66.6 Å². The lowest BCUT2D eigenvalue weighted by Gasteiger charge is -2.26. The molecule has 3 heteroatoms. The summed E-state index contributed by atoms with van der Waals surface area (Å²) in [6, 6.07) is 16.6. The fraction of sp³-hybridized carbons (Fsp3) is 0.333. The summed E-state index contributed by atoms with van der Waals surface area (Å²) in [6.45, 7) is 0. The molecular formula is C21H22O2S. The van der Waals surface area contributed by atoms with E-state index < -0.39 is 6.10 Å². The normalized spacial score (nSPS) is 22.9. The maximum absolute atomic E-state index is 10.8.